The van der Waals surface area contributed by atoms with E-state index in [1.54, 1.807) is 12.1 Å². The van der Waals surface area contributed by atoms with Gasteiger partial charge in [0.2, 0.25) is 15.9 Å². The molecule has 0 spiro atoms. The van der Waals surface area contributed by atoms with E-state index in [0.717, 1.165) is 36.1 Å². The molecule has 1 amide bonds. The molecule has 1 fully saturated rings. The van der Waals surface area contributed by atoms with Crippen molar-refractivity contribution < 1.29 is 13.2 Å². The van der Waals surface area contributed by atoms with Gasteiger partial charge in [-0.25, -0.2) is 8.42 Å². The highest BCUT2D eigenvalue weighted by molar-refractivity contribution is 7.89. The first-order valence-electron chi connectivity index (χ1n) is 10.8. The van der Waals surface area contributed by atoms with Gasteiger partial charge in [0.05, 0.1) is 11.7 Å². The highest BCUT2D eigenvalue weighted by atomic mass is 32.2. The molecular formula is C22H27N5O3S2. The van der Waals surface area contributed by atoms with Gasteiger partial charge in [0.25, 0.3) is 0 Å². The van der Waals surface area contributed by atoms with Crippen LogP contribution in [0, 0.1) is 6.92 Å². The lowest BCUT2D eigenvalue weighted by Crippen LogP contribution is -2.43. The van der Waals surface area contributed by atoms with Crippen molar-refractivity contribution in [2.45, 2.75) is 44.6 Å². The summed E-state index contributed by atoms with van der Waals surface area (Å²) in [6, 6.07) is 10.1. The fourth-order valence-corrected chi connectivity index (χ4v) is 6.61. The fraction of sp³-hybridized carbons (Fsp3) is 0.409. The third-order valence-electron chi connectivity index (χ3n) is 5.94. The van der Waals surface area contributed by atoms with Crippen LogP contribution < -0.4 is 10.2 Å². The van der Waals surface area contributed by atoms with Gasteiger partial charge in [0, 0.05) is 31.0 Å². The zero-order chi connectivity index (χ0) is 22.9. The summed E-state index contributed by atoms with van der Waals surface area (Å²) in [6.07, 6.45) is 1.11. The van der Waals surface area contributed by atoms with Crippen molar-refractivity contribution in [1.29, 1.82) is 0 Å². The zero-order valence-electron chi connectivity index (χ0n) is 18.4. The molecule has 2 heterocycles. The molecule has 32 heavy (non-hydrogen) atoms. The predicted octanol–water partition coefficient (Wildman–Crippen LogP) is 3.64. The number of nitrogens with one attached hydrogen (secondary N) is 1. The van der Waals surface area contributed by atoms with Crippen molar-refractivity contribution in [1.82, 2.24) is 13.1 Å². The molecule has 1 saturated heterocycles. The molecular weight excluding hydrogens is 446 g/mol. The molecule has 3 aromatic rings. The maximum atomic E-state index is 13.4. The van der Waals surface area contributed by atoms with Crippen LogP contribution in [0.2, 0.25) is 0 Å². The molecule has 0 bridgehead atoms. The van der Waals surface area contributed by atoms with Crippen LogP contribution in [-0.2, 0) is 14.8 Å². The first-order chi connectivity index (χ1) is 15.4. The van der Waals surface area contributed by atoms with E-state index in [9.17, 15) is 13.2 Å². The van der Waals surface area contributed by atoms with E-state index >= 15 is 0 Å². The van der Waals surface area contributed by atoms with E-state index in [2.05, 4.69) is 32.8 Å². The number of amides is 1. The highest BCUT2D eigenvalue weighted by Gasteiger charge is 2.40. The van der Waals surface area contributed by atoms with Crippen molar-refractivity contribution in [3.05, 3.63) is 42.0 Å². The average Bonchev–Trinajstić information content (AvgIpc) is 3.46. The van der Waals surface area contributed by atoms with Crippen LogP contribution in [0.1, 0.15) is 32.3 Å². The van der Waals surface area contributed by atoms with Crippen molar-refractivity contribution in [3.8, 4) is 0 Å². The third kappa shape index (κ3) is 4.10. The molecule has 1 aromatic heterocycles. The Morgan fingerprint density at radius 3 is 2.72 bits per heavy atom. The van der Waals surface area contributed by atoms with Crippen LogP contribution >= 0.6 is 11.7 Å². The summed E-state index contributed by atoms with van der Waals surface area (Å²) in [5.41, 5.74) is 3.63. The van der Waals surface area contributed by atoms with E-state index in [0.29, 0.717) is 36.1 Å². The van der Waals surface area contributed by atoms with Crippen LogP contribution in [0.5, 0.6) is 0 Å². The maximum absolute atomic E-state index is 13.4. The number of aromatic nitrogens is 2. The normalized spacial score (nSPS) is 17.0. The predicted molar refractivity (Wildman–Crippen MR) is 128 cm³/mol. The Hall–Kier alpha value is -2.56. The molecule has 0 unspecified atom stereocenters. The van der Waals surface area contributed by atoms with Gasteiger partial charge in [-0.05, 0) is 69.5 Å². The summed E-state index contributed by atoms with van der Waals surface area (Å²) in [7, 11) is -3.89. The minimum Gasteiger partial charge on any atom is -0.372 e. The largest absolute Gasteiger partial charge is 0.372 e. The number of nitrogens with zero attached hydrogens (tertiary/aromatic N) is 4. The van der Waals surface area contributed by atoms with Crippen LogP contribution in [0.15, 0.2) is 41.3 Å². The molecule has 1 aliphatic rings. The van der Waals surface area contributed by atoms with E-state index in [4.69, 9.17) is 0 Å². The van der Waals surface area contributed by atoms with Crippen molar-refractivity contribution in [3.63, 3.8) is 0 Å². The number of carbonyl (C=O) groups is 1. The van der Waals surface area contributed by atoms with Gasteiger partial charge in [0.15, 0.2) is 0 Å². The van der Waals surface area contributed by atoms with Crippen molar-refractivity contribution in [2.24, 2.45) is 0 Å². The Morgan fingerprint density at radius 1 is 1.22 bits per heavy atom. The van der Waals surface area contributed by atoms with E-state index in [-0.39, 0.29) is 10.8 Å². The second kappa shape index (κ2) is 9.13. The quantitative estimate of drug-likeness (QED) is 0.563. The molecule has 4 rings (SSSR count). The Labute approximate surface area is 192 Å². The minimum absolute atomic E-state index is 0.100. The Bertz CT molecular complexity index is 1240. The summed E-state index contributed by atoms with van der Waals surface area (Å²) in [5, 5.41) is 2.95. The first kappa shape index (κ1) is 22.6. The van der Waals surface area contributed by atoms with Gasteiger partial charge in [-0.15, -0.1) is 0 Å². The van der Waals surface area contributed by atoms with Crippen molar-refractivity contribution >= 4 is 50.1 Å². The molecule has 2 aromatic carbocycles. The van der Waals surface area contributed by atoms with Crippen LogP contribution in [0.3, 0.4) is 0 Å². The number of aryl methyl sites for hydroxylation is 1. The zero-order valence-corrected chi connectivity index (χ0v) is 20.0. The highest BCUT2D eigenvalue weighted by Crippen LogP contribution is 2.31. The molecule has 0 radical (unpaired) electrons. The number of hydrogen-bond donors (Lipinski definition) is 1. The summed E-state index contributed by atoms with van der Waals surface area (Å²) < 4.78 is 36.5. The number of anilines is 2. The Morgan fingerprint density at radius 2 is 2.00 bits per heavy atom. The summed E-state index contributed by atoms with van der Waals surface area (Å²) >= 11 is 0.977. The van der Waals surface area contributed by atoms with Gasteiger partial charge in [-0.1, -0.05) is 6.07 Å². The van der Waals surface area contributed by atoms with Crippen molar-refractivity contribution in [2.75, 3.05) is 29.9 Å². The summed E-state index contributed by atoms with van der Waals surface area (Å²) in [5.74, 6) is -0.312. The molecule has 1 N–H and O–H groups in total. The van der Waals surface area contributed by atoms with E-state index in [1.165, 1.54) is 10.4 Å². The lowest BCUT2D eigenvalue weighted by Gasteiger charge is -2.25. The monoisotopic (exact) mass is 473 g/mol. The lowest BCUT2D eigenvalue weighted by molar-refractivity contribution is -0.119. The number of sulfonamides is 1. The number of fused-ring (bicyclic) bond motifs is 1. The summed E-state index contributed by atoms with van der Waals surface area (Å²) in [6.45, 7) is 8.25. The number of benzene rings is 2. The third-order valence-corrected chi connectivity index (χ3v) is 8.42. The average molecular weight is 474 g/mol. The minimum atomic E-state index is -3.89. The number of carbonyl (C=O) groups excluding carboxylic acids is 1. The van der Waals surface area contributed by atoms with Crippen LogP contribution in [0.25, 0.3) is 11.0 Å². The Balaban J connectivity index is 1.57. The molecule has 0 aliphatic carbocycles. The molecule has 1 atom stereocenters. The fourth-order valence-electron chi connectivity index (χ4n) is 4.20. The van der Waals surface area contributed by atoms with Crippen LogP contribution in [0.4, 0.5) is 11.4 Å². The van der Waals surface area contributed by atoms with Gasteiger partial charge >= 0.3 is 0 Å². The topological polar surface area (TPSA) is 95.5 Å². The molecule has 0 saturated carbocycles. The molecule has 10 heteroatoms. The van der Waals surface area contributed by atoms with Crippen LogP contribution in [-0.4, -0.2) is 53.1 Å². The summed E-state index contributed by atoms with van der Waals surface area (Å²) in [4.78, 5) is 15.5. The number of rotatable bonds is 7. The SMILES string of the molecule is CCN(CC)c1ccc(NC(=O)[C@@H]2CCCN2S(=O)(=O)c2cccc3nsnc23)c(C)c1. The number of hydrogen-bond acceptors (Lipinski definition) is 7. The first-order valence-corrected chi connectivity index (χ1v) is 12.9. The molecule has 1 aliphatic heterocycles. The van der Waals surface area contributed by atoms with E-state index < -0.39 is 16.1 Å². The lowest BCUT2D eigenvalue weighted by atomic mass is 10.1. The Kier molecular flexibility index (Phi) is 6.45. The van der Waals surface area contributed by atoms with Gasteiger partial charge in [-0.3, -0.25) is 4.79 Å². The smallest absolute Gasteiger partial charge is 0.246 e. The second-order valence-electron chi connectivity index (χ2n) is 7.82. The molecule has 8 nitrogen and oxygen atoms in total. The van der Waals surface area contributed by atoms with Gasteiger partial charge in [-0.2, -0.15) is 13.1 Å². The van der Waals surface area contributed by atoms with Gasteiger partial charge < -0.3 is 10.2 Å². The second-order valence-corrected chi connectivity index (χ2v) is 10.2. The molecule has 170 valence electrons. The standard InChI is InChI=1S/C22H27N5O3S2/c1-4-26(5-2)16-11-12-17(15(3)14-16)23-22(28)19-9-7-13-27(19)32(29,30)20-10-6-8-18-21(20)25-31-24-18/h6,8,10-12,14,19H,4-5,7,9,13H2,1-3H3,(H,23,28)/t19-/m0/s1. The van der Waals surface area contributed by atoms with Gasteiger partial charge in [0.1, 0.15) is 22.0 Å². The maximum Gasteiger partial charge on any atom is 0.246 e. The van der Waals surface area contributed by atoms with E-state index in [1.807, 2.05) is 25.1 Å².